The van der Waals surface area contributed by atoms with Crippen molar-refractivity contribution in [3.8, 4) is 6.07 Å². The Morgan fingerprint density at radius 1 is 1.24 bits per heavy atom. The molecule has 96 valence electrons. The maximum Gasteiger partial charge on any atom is 0.108 e. The molecule has 1 heterocycles. The van der Waals surface area contributed by atoms with E-state index in [1.807, 2.05) is 14.1 Å². The van der Waals surface area contributed by atoms with Crippen LogP contribution in [0.4, 0.5) is 0 Å². The summed E-state index contributed by atoms with van der Waals surface area (Å²) in [6, 6.07) is 3.19. The minimum Gasteiger partial charge on any atom is -0.379 e. The van der Waals surface area contributed by atoms with E-state index < -0.39 is 0 Å². The molecule has 0 aromatic rings. The summed E-state index contributed by atoms with van der Waals surface area (Å²) in [6.07, 6.45) is 4.29. The molecule has 0 unspecified atom stereocenters. The van der Waals surface area contributed by atoms with E-state index in [4.69, 9.17) is 4.74 Å². The largest absolute Gasteiger partial charge is 0.379 e. The molecule has 0 radical (unpaired) electrons. The molecule has 2 fully saturated rings. The minimum absolute atomic E-state index is 0.219. The average Bonchev–Trinajstić information content (AvgIpc) is 2.39. The zero-order chi connectivity index (χ0) is 12.3. The van der Waals surface area contributed by atoms with Crippen LogP contribution in [0.1, 0.15) is 25.7 Å². The third-order valence-corrected chi connectivity index (χ3v) is 4.41. The summed E-state index contributed by atoms with van der Waals surface area (Å²) in [5.41, 5.74) is -0.219. The molecule has 0 atom stereocenters. The van der Waals surface area contributed by atoms with Crippen LogP contribution in [0.15, 0.2) is 0 Å². The third kappa shape index (κ3) is 2.62. The van der Waals surface area contributed by atoms with Gasteiger partial charge in [0.2, 0.25) is 0 Å². The number of ether oxygens (including phenoxy) is 1. The van der Waals surface area contributed by atoms with E-state index >= 15 is 0 Å². The van der Waals surface area contributed by atoms with E-state index in [1.165, 1.54) is 0 Å². The quantitative estimate of drug-likeness (QED) is 0.720. The first-order valence-electron chi connectivity index (χ1n) is 6.58. The molecule has 0 bridgehead atoms. The van der Waals surface area contributed by atoms with Gasteiger partial charge in [0.1, 0.15) is 5.54 Å². The van der Waals surface area contributed by atoms with Gasteiger partial charge in [-0.15, -0.1) is 0 Å². The first-order valence-corrected chi connectivity index (χ1v) is 6.58. The fraction of sp³-hybridized carbons (Fsp3) is 0.923. The Bertz CT molecular complexity index is 284. The normalized spacial score (nSPS) is 35.8. The maximum atomic E-state index is 9.38. The van der Waals surface area contributed by atoms with E-state index in [9.17, 15) is 5.26 Å². The Balaban J connectivity index is 1.91. The van der Waals surface area contributed by atoms with Crippen LogP contribution in [0.3, 0.4) is 0 Å². The fourth-order valence-corrected chi connectivity index (χ4v) is 3.05. The van der Waals surface area contributed by atoms with Crippen molar-refractivity contribution < 1.29 is 4.74 Å². The standard InChI is InChI=1S/C13H23N3O/c1-15(2)13(11-14)5-3-12(4-6-13)16-7-9-17-10-8-16/h12H,3-10H2,1-2H3. The molecule has 1 saturated carbocycles. The zero-order valence-electron chi connectivity index (χ0n) is 11.0. The lowest BCUT2D eigenvalue weighted by Gasteiger charge is -2.44. The van der Waals surface area contributed by atoms with Gasteiger partial charge in [-0.25, -0.2) is 0 Å². The van der Waals surface area contributed by atoms with Crippen LogP contribution in [0.5, 0.6) is 0 Å². The molecule has 2 rings (SSSR count). The summed E-state index contributed by atoms with van der Waals surface area (Å²) in [5, 5.41) is 9.38. The molecule has 0 amide bonds. The molecule has 1 aliphatic heterocycles. The van der Waals surface area contributed by atoms with Gasteiger partial charge in [0.15, 0.2) is 0 Å². The van der Waals surface area contributed by atoms with E-state index in [2.05, 4.69) is 15.9 Å². The third-order valence-electron chi connectivity index (χ3n) is 4.41. The van der Waals surface area contributed by atoms with Crippen molar-refractivity contribution in [3.63, 3.8) is 0 Å². The van der Waals surface area contributed by atoms with Crippen LogP contribution in [-0.2, 0) is 4.74 Å². The number of morpholine rings is 1. The van der Waals surface area contributed by atoms with Crippen molar-refractivity contribution in [2.75, 3.05) is 40.4 Å². The molecule has 4 heteroatoms. The SMILES string of the molecule is CN(C)C1(C#N)CCC(N2CCOCC2)CC1. The van der Waals surface area contributed by atoms with Crippen molar-refractivity contribution in [2.24, 2.45) is 0 Å². The highest BCUT2D eigenvalue weighted by atomic mass is 16.5. The van der Waals surface area contributed by atoms with Gasteiger partial charge in [-0.1, -0.05) is 0 Å². The second-order valence-corrected chi connectivity index (χ2v) is 5.42. The Kier molecular flexibility index (Phi) is 4.03. The Morgan fingerprint density at radius 2 is 1.82 bits per heavy atom. The lowest BCUT2D eigenvalue weighted by molar-refractivity contribution is -0.00232. The van der Waals surface area contributed by atoms with Gasteiger partial charge in [0.25, 0.3) is 0 Å². The molecule has 1 saturated heterocycles. The van der Waals surface area contributed by atoms with Crippen molar-refractivity contribution in [1.82, 2.24) is 9.80 Å². The van der Waals surface area contributed by atoms with Crippen LogP contribution in [0.2, 0.25) is 0 Å². The van der Waals surface area contributed by atoms with E-state index in [0.29, 0.717) is 6.04 Å². The maximum absolute atomic E-state index is 9.38. The van der Waals surface area contributed by atoms with Gasteiger partial charge in [0.05, 0.1) is 19.3 Å². The van der Waals surface area contributed by atoms with Crippen LogP contribution in [0, 0.1) is 11.3 Å². The summed E-state index contributed by atoms with van der Waals surface area (Å²) in [6.45, 7) is 3.86. The average molecular weight is 237 g/mol. The molecular weight excluding hydrogens is 214 g/mol. The van der Waals surface area contributed by atoms with Gasteiger partial charge in [-0.3, -0.25) is 9.80 Å². The monoisotopic (exact) mass is 237 g/mol. The van der Waals surface area contributed by atoms with Crippen molar-refractivity contribution in [1.29, 1.82) is 5.26 Å². The van der Waals surface area contributed by atoms with Crippen LogP contribution >= 0.6 is 0 Å². The smallest absolute Gasteiger partial charge is 0.108 e. The first-order chi connectivity index (χ1) is 8.18. The molecule has 0 N–H and O–H groups in total. The molecule has 2 aliphatic rings. The van der Waals surface area contributed by atoms with Crippen molar-refractivity contribution >= 4 is 0 Å². The summed E-state index contributed by atoms with van der Waals surface area (Å²) in [5.74, 6) is 0. The number of nitriles is 1. The topological polar surface area (TPSA) is 39.5 Å². The Hall–Kier alpha value is -0.630. The van der Waals surface area contributed by atoms with E-state index in [-0.39, 0.29) is 5.54 Å². The van der Waals surface area contributed by atoms with Crippen LogP contribution < -0.4 is 0 Å². The molecule has 4 nitrogen and oxygen atoms in total. The summed E-state index contributed by atoms with van der Waals surface area (Å²) >= 11 is 0. The van der Waals surface area contributed by atoms with E-state index in [1.54, 1.807) is 0 Å². The number of hydrogen-bond acceptors (Lipinski definition) is 4. The molecule has 0 spiro atoms. The lowest BCUT2D eigenvalue weighted by Crippen LogP contribution is -2.51. The number of nitrogens with zero attached hydrogens (tertiary/aromatic N) is 3. The second kappa shape index (κ2) is 5.34. The summed E-state index contributed by atoms with van der Waals surface area (Å²) in [7, 11) is 4.05. The van der Waals surface area contributed by atoms with Gasteiger partial charge in [-0.2, -0.15) is 5.26 Å². The Labute approximate surface area is 104 Å². The lowest BCUT2D eigenvalue weighted by atomic mass is 9.79. The number of hydrogen-bond donors (Lipinski definition) is 0. The van der Waals surface area contributed by atoms with Crippen molar-refractivity contribution in [2.45, 2.75) is 37.3 Å². The van der Waals surface area contributed by atoms with Gasteiger partial charge < -0.3 is 4.74 Å². The first kappa shape index (κ1) is 12.8. The van der Waals surface area contributed by atoms with Crippen molar-refractivity contribution in [3.05, 3.63) is 0 Å². The highest BCUT2D eigenvalue weighted by molar-refractivity contribution is 5.10. The predicted molar refractivity (Wildman–Crippen MR) is 66.7 cm³/mol. The zero-order valence-corrected chi connectivity index (χ0v) is 11.0. The summed E-state index contributed by atoms with van der Waals surface area (Å²) < 4.78 is 5.39. The second-order valence-electron chi connectivity index (χ2n) is 5.42. The predicted octanol–water partition coefficient (Wildman–Crippen LogP) is 1.09. The van der Waals surface area contributed by atoms with Gasteiger partial charge in [0, 0.05) is 19.1 Å². The van der Waals surface area contributed by atoms with Crippen LogP contribution in [0.25, 0.3) is 0 Å². The van der Waals surface area contributed by atoms with E-state index in [0.717, 1.165) is 52.0 Å². The molecule has 17 heavy (non-hydrogen) atoms. The van der Waals surface area contributed by atoms with Gasteiger partial charge >= 0.3 is 0 Å². The highest BCUT2D eigenvalue weighted by Crippen LogP contribution is 2.34. The van der Waals surface area contributed by atoms with Gasteiger partial charge in [-0.05, 0) is 39.8 Å². The molecule has 0 aromatic heterocycles. The minimum atomic E-state index is -0.219. The summed E-state index contributed by atoms with van der Waals surface area (Å²) in [4.78, 5) is 4.64. The number of rotatable bonds is 2. The molecule has 0 aromatic carbocycles. The molecule has 1 aliphatic carbocycles. The van der Waals surface area contributed by atoms with Crippen LogP contribution in [-0.4, -0.2) is 61.8 Å². The molecular formula is C13H23N3O. The highest BCUT2D eigenvalue weighted by Gasteiger charge is 2.39. The fourth-order valence-electron chi connectivity index (χ4n) is 3.05. The Morgan fingerprint density at radius 3 is 2.29 bits per heavy atom.